The summed E-state index contributed by atoms with van der Waals surface area (Å²) in [4.78, 5) is 51.0. The number of esters is 3. The zero-order valence-electron chi connectivity index (χ0n) is 41.0. The molecule has 0 aliphatic carbocycles. The molecule has 0 aromatic heterocycles. The first-order valence-electron chi connectivity index (χ1n) is 25.3. The molecule has 0 amide bonds. The van der Waals surface area contributed by atoms with Gasteiger partial charge in [0, 0.05) is 6.07 Å². The molecule has 0 saturated heterocycles. The van der Waals surface area contributed by atoms with Crippen LogP contribution < -0.4 is 23.7 Å². The minimum absolute atomic E-state index is 0.0982. The summed E-state index contributed by atoms with van der Waals surface area (Å²) in [7, 11) is 0. The number of hydrogen-bond acceptors (Lipinski definition) is 11. The molecule has 0 fully saturated rings. The van der Waals surface area contributed by atoms with Crippen molar-refractivity contribution >= 4 is 35.3 Å². The monoisotopic (exact) mass is 955 g/mol. The van der Waals surface area contributed by atoms with Crippen LogP contribution in [0.4, 0.5) is 11.4 Å². The van der Waals surface area contributed by atoms with Crippen LogP contribution in [0.3, 0.4) is 0 Å². The van der Waals surface area contributed by atoms with E-state index in [0.717, 1.165) is 37.1 Å². The molecular formula is C58H70N2O10. The number of carboxylic acid groups (broad SMARTS) is 1. The number of ether oxygens (including phenoxy) is 5. The van der Waals surface area contributed by atoms with Crippen molar-refractivity contribution in [2.45, 2.75) is 142 Å². The van der Waals surface area contributed by atoms with E-state index in [2.05, 4.69) is 24.1 Å². The van der Waals surface area contributed by atoms with Gasteiger partial charge in [0.05, 0.1) is 46.8 Å². The fourth-order valence-electron chi connectivity index (χ4n) is 7.60. The molecule has 0 radical (unpaired) electrons. The Morgan fingerprint density at radius 2 is 0.657 bits per heavy atom. The lowest BCUT2D eigenvalue weighted by molar-refractivity contribution is 0.0679. The first kappa shape index (κ1) is 54.1. The highest BCUT2D eigenvalue weighted by molar-refractivity contribution is 5.95. The average Bonchev–Trinajstić information content (AvgIpc) is 3.37. The maximum atomic E-state index is 13.1. The molecule has 0 atom stereocenters. The lowest BCUT2D eigenvalue weighted by atomic mass is 10.1. The Hall–Kier alpha value is -6.82. The van der Waals surface area contributed by atoms with Crippen molar-refractivity contribution in [1.82, 2.24) is 0 Å². The van der Waals surface area contributed by atoms with E-state index in [1.807, 2.05) is 24.3 Å². The summed E-state index contributed by atoms with van der Waals surface area (Å²) >= 11 is 0. The van der Waals surface area contributed by atoms with Gasteiger partial charge in [0.25, 0.3) is 0 Å². The summed E-state index contributed by atoms with van der Waals surface area (Å²) in [5.74, 6) is -2.15. The molecule has 5 rings (SSSR count). The summed E-state index contributed by atoms with van der Waals surface area (Å²) in [5.41, 5.74) is 1.47. The standard InChI is InChI=1S/C58H70N2O10/c1-3-5-7-9-11-13-15-17-19-21-39-66-50-33-25-45(26-34-50)56(63)68-52-35-27-46(28-36-52)58(65)70-54-42-47(55(61)62)41-53(43-54)69-57(64)44-23-29-48(30-24-44)59-60-49-31-37-51(38-32-49)67-40-22-20-18-16-14-12-10-8-6-4-2/h23-38,41-43H,3-22,39-40H2,1-2H3,(H,61,62). The Bertz CT molecular complexity index is 2360. The molecule has 0 spiro atoms. The fourth-order valence-corrected chi connectivity index (χ4v) is 7.60. The number of carbonyl (C=O) groups excluding carboxylic acids is 3. The number of unbranched alkanes of at least 4 members (excludes halogenated alkanes) is 18. The van der Waals surface area contributed by atoms with Crippen LogP contribution in [0, 0.1) is 0 Å². The molecule has 0 saturated carbocycles. The Labute approximate surface area is 413 Å². The van der Waals surface area contributed by atoms with Gasteiger partial charge in [0.1, 0.15) is 28.7 Å². The maximum absolute atomic E-state index is 13.1. The van der Waals surface area contributed by atoms with Gasteiger partial charge in [0.15, 0.2) is 0 Å². The normalized spacial score (nSPS) is 11.1. The number of carbonyl (C=O) groups is 4. The number of nitrogens with zero attached hydrogens (tertiary/aromatic N) is 2. The van der Waals surface area contributed by atoms with Gasteiger partial charge in [-0.15, -0.1) is 0 Å². The lowest BCUT2D eigenvalue weighted by Crippen LogP contribution is -2.12. The van der Waals surface area contributed by atoms with E-state index in [9.17, 15) is 24.3 Å². The molecule has 0 unspecified atom stereocenters. The van der Waals surface area contributed by atoms with Gasteiger partial charge in [-0.1, -0.05) is 129 Å². The highest BCUT2D eigenvalue weighted by Gasteiger charge is 2.17. The molecule has 1 N–H and O–H groups in total. The van der Waals surface area contributed by atoms with E-state index in [4.69, 9.17) is 23.7 Å². The lowest BCUT2D eigenvalue weighted by Gasteiger charge is -2.10. The van der Waals surface area contributed by atoms with Gasteiger partial charge >= 0.3 is 23.9 Å². The molecule has 12 nitrogen and oxygen atoms in total. The predicted octanol–water partition coefficient (Wildman–Crippen LogP) is 16.1. The van der Waals surface area contributed by atoms with Gasteiger partial charge in [0.2, 0.25) is 0 Å². The van der Waals surface area contributed by atoms with Crippen LogP contribution in [-0.2, 0) is 0 Å². The van der Waals surface area contributed by atoms with E-state index in [-0.39, 0.29) is 33.9 Å². The number of carboxylic acids is 1. The molecule has 12 heteroatoms. The summed E-state index contributed by atoms with van der Waals surface area (Å²) in [6, 6.07) is 29.6. The third kappa shape index (κ3) is 20.4. The number of rotatable bonds is 33. The van der Waals surface area contributed by atoms with Gasteiger partial charge in [-0.2, -0.15) is 10.2 Å². The number of azo groups is 1. The first-order chi connectivity index (χ1) is 34.2. The largest absolute Gasteiger partial charge is 0.494 e. The van der Waals surface area contributed by atoms with E-state index in [1.54, 1.807) is 36.4 Å². The predicted molar refractivity (Wildman–Crippen MR) is 273 cm³/mol. The third-order valence-corrected chi connectivity index (χ3v) is 11.7. The Kier molecular flexibility index (Phi) is 24.2. The van der Waals surface area contributed by atoms with Crippen molar-refractivity contribution in [3.63, 3.8) is 0 Å². The molecule has 0 heterocycles. The summed E-state index contributed by atoms with van der Waals surface area (Å²) in [6.07, 6.45) is 25.2. The van der Waals surface area contributed by atoms with Crippen molar-refractivity contribution in [1.29, 1.82) is 0 Å². The fraction of sp³-hybridized carbons (Fsp3) is 0.414. The number of aromatic carboxylic acids is 1. The topological polar surface area (TPSA) is 159 Å². The van der Waals surface area contributed by atoms with Gasteiger partial charge < -0.3 is 28.8 Å². The van der Waals surface area contributed by atoms with Crippen LogP contribution in [0.1, 0.15) is 184 Å². The van der Waals surface area contributed by atoms with Crippen molar-refractivity contribution in [3.8, 4) is 28.7 Å². The van der Waals surface area contributed by atoms with Crippen molar-refractivity contribution in [2.24, 2.45) is 10.2 Å². The molecule has 70 heavy (non-hydrogen) atoms. The minimum atomic E-state index is -1.32. The van der Waals surface area contributed by atoms with Crippen LogP contribution in [-0.4, -0.2) is 42.2 Å². The Morgan fingerprint density at radius 3 is 1.03 bits per heavy atom. The molecule has 5 aromatic carbocycles. The second-order valence-electron chi connectivity index (χ2n) is 17.5. The molecule has 0 aliphatic rings. The van der Waals surface area contributed by atoms with E-state index in [0.29, 0.717) is 35.9 Å². The molecule has 0 bridgehead atoms. The summed E-state index contributed by atoms with van der Waals surface area (Å²) in [5, 5.41) is 18.3. The Balaban J connectivity index is 1.03. The Morgan fingerprint density at radius 1 is 0.357 bits per heavy atom. The molecule has 372 valence electrons. The number of benzene rings is 5. The van der Waals surface area contributed by atoms with Crippen LogP contribution in [0.25, 0.3) is 0 Å². The minimum Gasteiger partial charge on any atom is -0.494 e. The van der Waals surface area contributed by atoms with Crippen LogP contribution >= 0.6 is 0 Å². The zero-order chi connectivity index (χ0) is 49.6. The summed E-state index contributed by atoms with van der Waals surface area (Å²) in [6.45, 7) is 5.78. The van der Waals surface area contributed by atoms with Crippen molar-refractivity contribution in [3.05, 3.63) is 138 Å². The number of hydrogen-bond donors (Lipinski definition) is 1. The second kappa shape index (κ2) is 31.3. The second-order valence-corrected chi connectivity index (χ2v) is 17.5. The van der Waals surface area contributed by atoms with Crippen LogP contribution in [0.5, 0.6) is 28.7 Å². The molecular weight excluding hydrogens is 885 g/mol. The van der Waals surface area contributed by atoms with Gasteiger partial charge in [-0.05, 0) is 122 Å². The SMILES string of the molecule is CCCCCCCCCCCCOc1ccc(N=Nc2ccc(C(=O)Oc3cc(OC(=O)c4ccc(OC(=O)c5ccc(OCCCCCCCCCCCC)cc5)cc4)cc(C(=O)O)c3)cc2)cc1. The van der Waals surface area contributed by atoms with Crippen LogP contribution in [0.15, 0.2) is 125 Å². The van der Waals surface area contributed by atoms with Crippen molar-refractivity contribution < 1.29 is 48.0 Å². The van der Waals surface area contributed by atoms with E-state index < -0.39 is 23.9 Å². The highest BCUT2D eigenvalue weighted by Crippen LogP contribution is 2.27. The van der Waals surface area contributed by atoms with Gasteiger partial charge in [-0.25, -0.2) is 19.2 Å². The van der Waals surface area contributed by atoms with Crippen LogP contribution in [0.2, 0.25) is 0 Å². The van der Waals surface area contributed by atoms with E-state index in [1.165, 1.54) is 152 Å². The average molecular weight is 955 g/mol. The zero-order valence-corrected chi connectivity index (χ0v) is 41.0. The quantitative estimate of drug-likeness (QED) is 0.0186. The molecule has 5 aromatic rings. The van der Waals surface area contributed by atoms with E-state index >= 15 is 0 Å². The first-order valence-corrected chi connectivity index (χ1v) is 25.3. The maximum Gasteiger partial charge on any atom is 0.343 e. The molecule has 0 aliphatic heterocycles. The third-order valence-electron chi connectivity index (χ3n) is 11.7. The smallest absolute Gasteiger partial charge is 0.343 e. The summed E-state index contributed by atoms with van der Waals surface area (Å²) < 4.78 is 28.2. The van der Waals surface area contributed by atoms with Crippen molar-refractivity contribution in [2.75, 3.05) is 13.2 Å². The van der Waals surface area contributed by atoms with Gasteiger partial charge in [-0.3, -0.25) is 0 Å². The highest BCUT2D eigenvalue weighted by atomic mass is 16.5.